The Kier molecular flexibility index (Phi) is 6.28. The first-order chi connectivity index (χ1) is 15.5. The number of carbonyl (C=O) groups is 1. The number of likely N-dealkylation sites (tertiary alicyclic amines) is 1. The molecular weight excluding hydrogens is 400 g/mol. The Labute approximate surface area is 191 Å². The zero-order chi connectivity index (χ0) is 22.1. The Balaban J connectivity index is 1.15. The van der Waals surface area contributed by atoms with E-state index in [9.17, 15) is 4.79 Å². The Morgan fingerprint density at radius 1 is 1.12 bits per heavy atom. The molecule has 3 saturated heterocycles. The predicted molar refractivity (Wildman–Crippen MR) is 128 cm³/mol. The number of para-hydroxylation sites is 1. The van der Waals surface area contributed by atoms with Gasteiger partial charge in [0.1, 0.15) is 0 Å². The van der Waals surface area contributed by atoms with Crippen LogP contribution in [0.4, 0.5) is 0 Å². The van der Waals surface area contributed by atoms with Gasteiger partial charge in [-0.1, -0.05) is 18.2 Å². The molecule has 1 amide bonds. The minimum atomic E-state index is -0.0321. The number of carbonyl (C=O) groups excluding carboxylic acids is 1. The lowest BCUT2D eigenvalue weighted by Gasteiger charge is -2.50. The number of piperazine rings is 1. The Hall–Kier alpha value is -1.89. The van der Waals surface area contributed by atoms with Crippen LogP contribution in [0.1, 0.15) is 45.1 Å². The van der Waals surface area contributed by atoms with E-state index in [1.54, 1.807) is 0 Å². The van der Waals surface area contributed by atoms with Crippen LogP contribution in [0.3, 0.4) is 0 Å². The molecule has 1 aromatic heterocycles. The molecule has 6 heteroatoms. The summed E-state index contributed by atoms with van der Waals surface area (Å²) in [7, 11) is 0. The fraction of sp³-hybridized carbons (Fsp3) is 0.654. The first-order valence-corrected chi connectivity index (χ1v) is 12.5. The number of piperidine rings is 1. The van der Waals surface area contributed by atoms with Crippen molar-refractivity contribution in [1.29, 1.82) is 0 Å². The molecule has 0 saturated carbocycles. The summed E-state index contributed by atoms with van der Waals surface area (Å²) < 4.78 is 6.40. The zero-order valence-corrected chi connectivity index (χ0v) is 19.7. The van der Waals surface area contributed by atoms with Crippen LogP contribution in [-0.4, -0.2) is 89.2 Å². The largest absolute Gasteiger partial charge is 0.375 e. The minimum absolute atomic E-state index is 0.0321. The molecule has 174 valence electrons. The number of rotatable bonds is 4. The molecule has 0 aliphatic carbocycles. The highest BCUT2D eigenvalue weighted by Gasteiger charge is 2.43. The molecule has 1 atom stereocenters. The number of amides is 1. The molecule has 3 aliphatic rings. The monoisotopic (exact) mass is 438 g/mol. The van der Waals surface area contributed by atoms with Gasteiger partial charge in [-0.05, 0) is 51.2 Å². The van der Waals surface area contributed by atoms with Crippen LogP contribution < -0.4 is 0 Å². The van der Waals surface area contributed by atoms with Crippen molar-refractivity contribution in [2.45, 2.75) is 63.6 Å². The molecule has 1 aromatic carbocycles. The van der Waals surface area contributed by atoms with Gasteiger partial charge in [0.2, 0.25) is 5.91 Å². The molecule has 3 aliphatic heterocycles. The number of aromatic nitrogens is 1. The van der Waals surface area contributed by atoms with Crippen LogP contribution in [0.15, 0.2) is 30.5 Å². The van der Waals surface area contributed by atoms with Crippen LogP contribution in [0.5, 0.6) is 0 Å². The molecule has 0 radical (unpaired) electrons. The second-order valence-electron chi connectivity index (χ2n) is 10.3. The third kappa shape index (κ3) is 4.45. The van der Waals surface area contributed by atoms with E-state index in [4.69, 9.17) is 4.74 Å². The Bertz CT molecular complexity index is 923. The highest BCUT2D eigenvalue weighted by Crippen LogP contribution is 2.37. The molecular formula is C26H38N4O2. The van der Waals surface area contributed by atoms with Gasteiger partial charge in [0.05, 0.1) is 12.0 Å². The molecule has 6 nitrogen and oxygen atoms in total. The second-order valence-corrected chi connectivity index (χ2v) is 10.3. The number of hydrogen-bond donors (Lipinski definition) is 1. The number of nitrogens with one attached hydrogen (secondary N) is 1. The first kappa shape index (κ1) is 21.9. The lowest BCUT2D eigenvalue weighted by atomic mass is 9.81. The lowest BCUT2D eigenvalue weighted by Crippen LogP contribution is -2.58. The van der Waals surface area contributed by atoms with Gasteiger partial charge in [0.15, 0.2) is 0 Å². The van der Waals surface area contributed by atoms with Crippen molar-refractivity contribution in [1.82, 2.24) is 19.7 Å². The second kappa shape index (κ2) is 9.16. The van der Waals surface area contributed by atoms with Crippen molar-refractivity contribution in [3.63, 3.8) is 0 Å². The summed E-state index contributed by atoms with van der Waals surface area (Å²) in [6, 6.07) is 9.49. The van der Waals surface area contributed by atoms with E-state index in [0.717, 1.165) is 61.8 Å². The van der Waals surface area contributed by atoms with Crippen LogP contribution in [-0.2, 0) is 16.0 Å². The van der Waals surface area contributed by atoms with Gasteiger partial charge in [-0.2, -0.15) is 0 Å². The fourth-order valence-electron chi connectivity index (χ4n) is 6.00. The van der Waals surface area contributed by atoms with Gasteiger partial charge in [0.25, 0.3) is 0 Å². The van der Waals surface area contributed by atoms with E-state index in [0.29, 0.717) is 18.5 Å². The van der Waals surface area contributed by atoms with Gasteiger partial charge >= 0.3 is 0 Å². The molecule has 32 heavy (non-hydrogen) atoms. The maximum absolute atomic E-state index is 13.0. The van der Waals surface area contributed by atoms with Crippen LogP contribution in [0, 0.1) is 0 Å². The van der Waals surface area contributed by atoms with Crippen molar-refractivity contribution < 1.29 is 9.53 Å². The summed E-state index contributed by atoms with van der Waals surface area (Å²) in [4.78, 5) is 23.7. The van der Waals surface area contributed by atoms with Gasteiger partial charge in [-0.25, -0.2) is 0 Å². The molecule has 2 aromatic rings. The number of ether oxygens (including phenoxy) is 1. The maximum atomic E-state index is 13.0. The van der Waals surface area contributed by atoms with E-state index >= 15 is 0 Å². The number of benzene rings is 1. The van der Waals surface area contributed by atoms with Gasteiger partial charge in [0, 0.05) is 75.1 Å². The third-order valence-corrected chi connectivity index (χ3v) is 8.11. The summed E-state index contributed by atoms with van der Waals surface area (Å²) in [6.45, 7) is 11.8. The zero-order valence-electron chi connectivity index (χ0n) is 19.7. The summed E-state index contributed by atoms with van der Waals surface area (Å²) in [5, 5.41) is 1.16. The molecule has 3 fully saturated rings. The van der Waals surface area contributed by atoms with E-state index in [2.05, 4.69) is 45.7 Å². The molecule has 1 N–H and O–H groups in total. The lowest BCUT2D eigenvalue weighted by molar-refractivity contribution is -0.150. The topological polar surface area (TPSA) is 51.8 Å². The molecule has 5 rings (SSSR count). The summed E-state index contributed by atoms with van der Waals surface area (Å²) in [6.07, 6.45) is 6.67. The van der Waals surface area contributed by atoms with E-state index in [-0.39, 0.29) is 11.5 Å². The van der Waals surface area contributed by atoms with Crippen molar-refractivity contribution in [3.05, 3.63) is 36.0 Å². The highest BCUT2D eigenvalue weighted by molar-refractivity contribution is 5.88. The number of fused-ring (bicyclic) bond motifs is 1. The van der Waals surface area contributed by atoms with Gasteiger partial charge < -0.3 is 14.6 Å². The molecule has 1 spiro atoms. The highest BCUT2D eigenvalue weighted by atomic mass is 16.5. The van der Waals surface area contributed by atoms with Crippen molar-refractivity contribution >= 4 is 16.8 Å². The minimum Gasteiger partial charge on any atom is -0.375 e. The van der Waals surface area contributed by atoms with E-state index in [1.165, 1.54) is 26.2 Å². The number of hydrogen-bond acceptors (Lipinski definition) is 4. The van der Waals surface area contributed by atoms with Crippen LogP contribution in [0.25, 0.3) is 10.9 Å². The predicted octanol–water partition coefficient (Wildman–Crippen LogP) is 3.28. The van der Waals surface area contributed by atoms with Crippen molar-refractivity contribution in [3.8, 4) is 0 Å². The Morgan fingerprint density at radius 2 is 1.88 bits per heavy atom. The summed E-state index contributed by atoms with van der Waals surface area (Å²) in [5.74, 6) is 0.238. The standard InChI is InChI=1S/C26H38N4O2/c1-20(2)28-12-14-29(15-13-28)22-7-16-32-26(18-22)8-10-30(11-9-26)25(31)17-21-19-27-24-6-4-3-5-23(21)24/h3-6,19-20,22,27H,7-18H2,1-2H3. The van der Waals surface area contributed by atoms with Gasteiger partial charge in [-0.3, -0.25) is 14.6 Å². The SMILES string of the molecule is CC(C)N1CCN(C2CCOC3(CCN(C(=O)Cc4c[nH]c5ccccc45)CC3)C2)CC1. The maximum Gasteiger partial charge on any atom is 0.227 e. The smallest absolute Gasteiger partial charge is 0.227 e. The molecule has 1 unspecified atom stereocenters. The van der Waals surface area contributed by atoms with Crippen molar-refractivity contribution in [2.75, 3.05) is 45.9 Å². The Morgan fingerprint density at radius 3 is 2.62 bits per heavy atom. The van der Waals surface area contributed by atoms with Gasteiger partial charge in [-0.15, -0.1) is 0 Å². The van der Waals surface area contributed by atoms with Crippen LogP contribution in [0.2, 0.25) is 0 Å². The molecule has 0 bridgehead atoms. The summed E-state index contributed by atoms with van der Waals surface area (Å²) >= 11 is 0. The fourth-order valence-corrected chi connectivity index (χ4v) is 6.00. The first-order valence-electron chi connectivity index (χ1n) is 12.5. The average Bonchev–Trinajstić information content (AvgIpc) is 3.22. The quantitative estimate of drug-likeness (QED) is 0.796. The average molecular weight is 439 g/mol. The van der Waals surface area contributed by atoms with Crippen molar-refractivity contribution in [2.24, 2.45) is 0 Å². The number of H-pyrrole nitrogens is 1. The number of nitrogens with zero attached hydrogens (tertiary/aromatic N) is 3. The summed E-state index contributed by atoms with van der Waals surface area (Å²) in [5.41, 5.74) is 2.17. The molecule has 4 heterocycles. The normalized spacial score (nSPS) is 25.1. The third-order valence-electron chi connectivity index (χ3n) is 8.11. The number of aromatic amines is 1. The van der Waals surface area contributed by atoms with E-state index in [1.807, 2.05) is 18.3 Å². The van der Waals surface area contributed by atoms with Crippen LogP contribution >= 0.6 is 0 Å². The van der Waals surface area contributed by atoms with E-state index < -0.39 is 0 Å².